The summed E-state index contributed by atoms with van der Waals surface area (Å²) < 4.78 is 65.1. The van der Waals surface area contributed by atoms with Gasteiger partial charge in [0.05, 0.1) is 21.5 Å². The first-order chi connectivity index (χ1) is 18.6. The van der Waals surface area contributed by atoms with Crippen LogP contribution in [0.4, 0.5) is 20.0 Å². The number of nitro benzene ring substituents is 2. The SMILES string of the molecule is CC1=CC(C)=[N+]2C1=C(c1cccc(OS(=O)(=O)c3ccc([N+](=O)[O-])cc3[N+](=O)[O-])c1)c1c(C)cc(C)n1[B-]2(F)F. The lowest BCUT2D eigenvalue weighted by atomic mass is 9.84. The number of aryl methyl sites for hydroxylation is 2. The summed E-state index contributed by atoms with van der Waals surface area (Å²) >= 11 is 0. The molecule has 0 fully saturated rings. The third-order valence-electron chi connectivity index (χ3n) is 6.88. The smallest absolute Gasteiger partial charge is 0.393 e. The molecule has 0 spiro atoms. The van der Waals surface area contributed by atoms with E-state index in [1.807, 2.05) is 0 Å². The van der Waals surface area contributed by atoms with Gasteiger partial charge in [0.1, 0.15) is 11.5 Å². The highest BCUT2D eigenvalue weighted by Crippen LogP contribution is 2.44. The lowest BCUT2D eigenvalue weighted by Gasteiger charge is -2.34. The van der Waals surface area contributed by atoms with E-state index in [2.05, 4.69) is 0 Å². The first-order valence-corrected chi connectivity index (χ1v) is 13.3. The van der Waals surface area contributed by atoms with Crippen molar-refractivity contribution in [1.82, 2.24) is 4.48 Å². The van der Waals surface area contributed by atoms with Gasteiger partial charge in [0.15, 0.2) is 10.6 Å². The molecule has 0 bridgehead atoms. The molecular weight excluding hydrogens is 549 g/mol. The second kappa shape index (κ2) is 8.94. The second-order valence-electron chi connectivity index (χ2n) is 9.57. The summed E-state index contributed by atoms with van der Waals surface area (Å²) in [5.74, 6) is -0.236. The van der Waals surface area contributed by atoms with Crippen molar-refractivity contribution in [2.45, 2.75) is 32.6 Å². The maximum atomic E-state index is 15.9. The molecule has 0 saturated heterocycles. The van der Waals surface area contributed by atoms with Gasteiger partial charge in [-0.05, 0) is 61.9 Å². The monoisotopic (exact) mass is 570 g/mol. The van der Waals surface area contributed by atoms with Crippen molar-refractivity contribution in [2.75, 3.05) is 0 Å². The van der Waals surface area contributed by atoms with Gasteiger partial charge >= 0.3 is 17.1 Å². The van der Waals surface area contributed by atoms with Gasteiger partial charge in [-0.25, -0.2) is 0 Å². The van der Waals surface area contributed by atoms with Gasteiger partial charge in [0.25, 0.3) is 11.4 Å². The van der Waals surface area contributed by atoms with Crippen molar-refractivity contribution < 1.29 is 35.6 Å². The number of nitro groups is 2. The highest BCUT2D eigenvalue weighted by Gasteiger charge is 2.55. The Morgan fingerprint density at radius 3 is 2.33 bits per heavy atom. The van der Waals surface area contributed by atoms with Crippen LogP contribution in [-0.4, -0.2) is 39.9 Å². The number of halogens is 2. The van der Waals surface area contributed by atoms with Crippen LogP contribution in [0.2, 0.25) is 0 Å². The van der Waals surface area contributed by atoms with Crippen molar-refractivity contribution in [3.05, 3.63) is 109 Å². The average molecular weight is 570 g/mol. The molecule has 40 heavy (non-hydrogen) atoms. The van der Waals surface area contributed by atoms with Crippen molar-refractivity contribution in [1.29, 1.82) is 0 Å². The van der Waals surface area contributed by atoms with E-state index in [-0.39, 0.29) is 17.1 Å². The number of non-ortho nitro benzene ring substituents is 1. The Hall–Kier alpha value is -4.66. The minimum atomic E-state index is -4.83. The van der Waals surface area contributed by atoms with Gasteiger partial charge in [-0.15, -0.1) is 0 Å². The van der Waals surface area contributed by atoms with Crippen LogP contribution in [0.25, 0.3) is 5.57 Å². The van der Waals surface area contributed by atoms with E-state index >= 15 is 8.63 Å². The zero-order chi connectivity index (χ0) is 29.3. The summed E-state index contributed by atoms with van der Waals surface area (Å²) in [7, 11) is -4.83. The molecule has 15 heteroatoms. The maximum Gasteiger partial charge on any atom is 0.737 e. The normalized spacial score (nSPS) is 16.0. The number of allylic oxidation sites excluding steroid dienone is 2. The van der Waals surface area contributed by atoms with Crippen LogP contribution in [0.5, 0.6) is 5.75 Å². The molecule has 0 atom stereocenters. The van der Waals surface area contributed by atoms with Crippen LogP contribution < -0.4 is 4.18 Å². The first-order valence-electron chi connectivity index (χ1n) is 11.9. The van der Waals surface area contributed by atoms with Crippen LogP contribution >= 0.6 is 0 Å². The summed E-state index contributed by atoms with van der Waals surface area (Å²) in [5, 5.41) is 22.5. The maximum absolute atomic E-state index is 15.9. The van der Waals surface area contributed by atoms with Gasteiger partial charge < -0.3 is 21.8 Å². The standard InChI is InChI=1S/C25H21BF2N4O7S/c1-14-10-16(3)29-24(14)23(25-15(2)11-17(4)30(25)26(29,27)28)18-6-5-7-20(12-18)39-40(37,38)22-9-8-19(31(33)34)13-21(22)32(35)36/h5-13H,1-4H3. The van der Waals surface area contributed by atoms with E-state index < -0.39 is 43.2 Å². The molecule has 2 aromatic carbocycles. The van der Waals surface area contributed by atoms with Crippen molar-refractivity contribution in [3.63, 3.8) is 0 Å². The molecule has 1 aromatic heterocycles. The third-order valence-corrected chi connectivity index (χ3v) is 8.18. The molecule has 0 amide bonds. The minimum Gasteiger partial charge on any atom is -0.393 e. The first kappa shape index (κ1) is 26.9. The Balaban J connectivity index is 1.66. The van der Waals surface area contributed by atoms with Crippen molar-refractivity contribution in [3.8, 4) is 5.75 Å². The molecule has 0 N–H and O–H groups in total. The Labute approximate surface area is 226 Å². The summed E-state index contributed by atoms with van der Waals surface area (Å²) in [6.07, 6.45) is 1.65. The number of nitrogens with zero attached hydrogens (tertiary/aromatic N) is 4. The Morgan fingerprint density at radius 1 is 0.975 bits per heavy atom. The molecule has 2 aliphatic heterocycles. The Morgan fingerprint density at radius 2 is 1.68 bits per heavy atom. The topological polar surface area (TPSA) is 138 Å². The zero-order valence-corrected chi connectivity index (χ0v) is 22.4. The molecular formula is C25H21BF2N4O7S. The van der Waals surface area contributed by atoms with Gasteiger partial charge in [-0.1, -0.05) is 12.1 Å². The Bertz CT molecular complexity index is 1880. The molecule has 3 heterocycles. The quantitative estimate of drug-likeness (QED) is 0.174. The third kappa shape index (κ3) is 4.00. The average Bonchev–Trinajstić information content (AvgIpc) is 3.34. The number of fused-ring (bicyclic) bond motifs is 2. The lowest BCUT2D eigenvalue weighted by Crippen LogP contribution is -2.51. The summed E-state index contributed by atoms with van der Waals surface area (Å²) in [5.41, 5.74) is 1.59. The van der Waals surface area contributed by atoms with E-state index in [0.717, 1.165) is 21.1 Å². The predicted octanol–water partition coefficient (Wildman–Crippen LogP) is 5.12. The number of hydrogen-bond acceptors (Lipinski definition) is 7. The fraction of sp³-hybridized carbons (Fsp3) is 0.160. The second-order valence-corrected chi connectivity index (χ2v) is 11.1. The summed E-state index contributed by atoms with van der Waals surface area (Å²) in [4.78, 5) is 19.7. The van der Waals surface area contributed by atoms with Crippen LogP contribution in [0, 0.1) is 34.1 Å². The van der Waals surface area contributed by atoms with Gasteiger partial charge in [-0.3, -0.25) is 20.2 Å². The fourth-order valence-corrected chi connectivity index (χ4v) is 6.49. The van der Waals surface area contributed by atoms with E-state index in [1.165, 1.54) is 18.2 Å². The van der Waals surface area contributed by atoms with Crippen LogP contribution in [0.3, 0.4) is 0 Å². The molecule has 0 radical (unpaired) electrons. The fourth-order valence-electron chi connectivity index (χ4n) is 5.42. The van der Waals surface area contributed by atoms with Crippen LogP contribution in [0.15, 0.2) is 70.8 Å². The molecule has 0 saturated carbocycles. The lowest BCUT2D eigenvalue weighted by molar-refractivity contribution is -0.396. The molecule has 5 rings (SSSR count). The largest absolute Gasteiger partial charge is 0.737 e. The van der Waals surface area contributed by atoms with E-state index in [1.54, 1.807) is 45.9 Å². The van der Waals surface area contributed by atoms with Crippen molar-refractivity contribution in [2.24, 2.45) is 0 Å². The Kier molecular flexibility index (Phi) is 6.02. The van der Waals surface area contributed by atoms with Gasteiger partial charge in [-0.2, -0.15) is 8.42 Å². The molecule has 206 valence electrons. The van der Waals surface area contributed by atoms with Crippen LogP contribution in [-0.2, 0) is 10.1 Å². The van der Waals surface area contributed by atoms with Crippen LogP contribution in [0.1, 0.15) is 36.4 Å². The highest BCUT2D eigenvalue weighted by molar-refractivity contribution is 7.87. The molecule has 11 nitrogen and oxygen atoms in total. The predicted molar refractivity (Wildman–Crippen MR) is 142 cm³/mol. The molecule has 0 aliphatic carbocycles. The number of rotatable bonds is 6. The number of aromatic nitrogens is 1. The number of hydrogen-bond donors (Lipinski definition) is 0. The van der Waals surface area contributed by atoms with Crippen molar-refractivity contribution >= 4 is 39.7 Å². The van der Waals surface area contributed by atoms with E-state index in [9.17, 15) is 28.6 Å². The molecule has 3 aromatic rings. The van der Waals surface area contributed by atoms with E-state index in [0.29, 0.717) is 39.7 Å². The minimum absolute atomic E-state index is 0.236. The summed E-state index contributed by atoms with van der Waals surface area (Å²) in [6.45, 7) is 2.38. The summed E-state index contributed by atoms with van der Waals surface area (Å²) in [6, 6.07) is 9.47. The molecule has 2 aliphatic rings. The van der Waals surface area contributed by atoms with Gasteiger partial charge in [0, 0.05) is 30.3 Å². The van der Waals surface area contributed by atoms with E-state index in [4.69, 9.17) is 4.18 Å². The zero-order valence-electron chi connectivity index (χ0n) is 21.6. The van der Waals surface area contributed by atoms with Gasteiger partial charge in [0.2, 0.25) is 0 Å². The molecule has 0 unspecified atom stereocenters. The highest BCUT2D eigenvalue weighted by atomic mass is 32.2. The number of benzene rings is 2.